The monoisotopic (exact) mass is 232 g/mol. The first-order valence-electron chi connectivity index (χ1n) is 4.89. The van der Waals surface area contributed by atoms with Crippen molar-refractivity contribution in [2.45, 2.75) is 0 Å². The van der Waals surface area contributed by atoms with Gasteiger partial charge in [-0.05, 0) is 12.1 Å². The highest BCUT2D eigenvalue weighted by Crippen LogP contribution is 2.55. The van der Waals surface area contributed by atoms with E-state index in [-0.39, 0.29) is 11.5 Å². The fourth-order valence-electron chi connectivity index (χ4n) is 1.63. The van der Waals surface area contributed by atoms with Gasteiger partial charge in [0.25, 0.3) is 0 Å². The lowest BCUT2D eigenvalue weighted by molar-refractivity contribution is 0.313. The van der Waals surface area contributed by atoms with Crippen LogP contribution in [0, 0.1) is 0 Å². The topological polar surface area (TPSA) is 79.2 Å². The van der Waals surface area contributed by atoms with Gasteiger partial charge in [0.1, 0.15) is 0 Å². The van der Waals surface area contributed by atoms with E-state index in [4.69, 9.17) is 9.47 Å². The number of aromatic hydroxyl groups is 3. The van der Waals surface area contributed by atoms with Crippen LogP contribution in [0.3, 0.4) is 0 Å². The van der Waals surface area contributed by atoms with Gasteiger partial charge in [0, 0.05) is 6.07 Å². The molecule has 0 saturated carbocycles. The molecule has 1 aliphatic heterocycles. The maximum Gasteiger partial charge on any atom is 0.215 e. The lowest BCUT2D eigenvalue weighted by atomic mass is 10.2. The van der Waals surface area contributed by atoms with Crippen molar-refractivity contribution in [3.05, 3.63) is 30.3 Å². The van der Waals surface area contributed by atoms with E-state index in [0.717, 1.165) is 0 Å². The van der Waals surface area contributed by atoms with Crippen molar-refractivity contribution in [1.82, 2.24) is 0 Å². The third-order valence-electron chi connectivity index (χ3n) is 2.45. The fraction of sp³-hybridized carbons (Fsp3) is 0. The van der Waals surface area contributed by atoms with E-state index in [2.05, 4.69) is 0 Å². The van der Waals surface area contributed by atoms with E-state index in [0.29, 0.717) is 11.5 Å². The highest BCUT2D eigenvalue weighted by Gasteiger charge is 2.25. The van der Waals surface area contributed by atoms with Crippen molar-refractivity contribution in [3.8, 4) is 40.2 Å². The molecule has 3 rings (SSSR count). The Labute approximate surface area is 96.1 Å². The summed E-state index contributed by atoms with van der Waals surface area (Å²) in [6, 6.07) is 8.07. The molecule has 5 heteroatoms. The predicted molar refractivity (Wildman–Crippen MR) is 58.0 cm³/mol. The maximum atomic E-state index is 9.63. The van der Waals surface area contributed by atoms with Crippen LogP contribution in [-0.4, -0.2) is 15.3 Å². The zero-order valence-corrected chi connectivity index (χ0v) is 8.54. The first-order valence-corrected chi connectivity index (χ1v) is 4.89. The van der Waals surface area contributed by atoms with E-state index in [1.807, 2.05) is 0 Å². The minimum absolute atomic E-state index is 0.0148. The van der Waals surface area contributed by atoms with E-state index < -0.39 is 17.2 Å². The van der Waals surface area contributed by atoms with Crippen molar-refractivity contribution in [2.75, 3.05) is 0 Å². The zero-order valence-electron chi connectivity index (χ0n) is 8.54. The summed E-state index contributed by atoms with van der Waals surface area (Å²) in [7, 11) is 0. The van der Waals surface area contributed by atoms with Crippen LogP contribution in [0.25, 0.3) is 0 Å². The van der Waals surface area contributed by atoms with Crippen LogP contribution in [-0.2, 0) is 0 Å². The third kappa shape index (κ3) is 1.32. The second-order valence-corrected chi connectivity index (χ2v) is 3.57. The number of rotatable bonds is 0. The van der Waals surface area contributed by atoms with Gasteiger partial charge in [-0.2, -0.15) is 0 Å². The molecular formula is C12H8O5. The normalized spacial score (nSPS) is 12.0. The van der Waals surface area contributed by atoms with Gasteiger partial charge in [-0.15, -0.1) is 0 Å². The molecule has 0 atom stereocenters. The number of fused-ring (bicyclic) bond motifs is 2. The average Bonchev–Trinajstić information content (AvgIpc) is 2.34. The molecule has 0 saturated heterocycles. The Kier molecular flexibility index (Phi) is 1.82. The molecule has 0 unspecified atom stereocenters. The minimum Gasteiger partial charge on any atom is -0.504 e. The summed E-state index contributed by atoms with van der Waals surface area (Å²) in [4.78, 5) is 0. The summed E-state index contributed by atoms with van der Waals surface area (Å²) in [5.74, 6) is -0.606. The lowest BCUT2D eigenvalue weighted by Gasteiger charge is -2.21. The fourth-order valence-corrected chi connectivity index (χ4v) is 1.63. The zero-order chi connectivity index (χ0) is 12.0. The third-order valence-corrected chi connectivity index (χ3v) is 2.45. The molecule has 1 aliphatic rings. The summed E-state index contributed by atoms with van der Waals surface area (Å²) in [5.41, 5.74) is 0. The van der Waals surface area contributed by atoms with E-state index >= 15 is 0 Å². The summed E-state index contributed by atoms with van der Waals surface area (Å²) < 4.78 is 10.8. The highest BCUT2D eigenvalue weighted by atomic mass is 16.6. The number of phenols is 3. The molecule has 0 fully saturated rings. The number of benzene rings is 2. The van der Waals surface area contributed by atoms with Gasteiger partial charge < -0.3 is 24.8 Å². The Hall–Kier alpha value is -2.56. The average molecular weight is 232 g/mol. The van der Waals surface area contributed by atoms with Crippen molar-refractivity contribution >= 4 is 0 Å². The van der Waals surface area contributed by atoms with E-state index in [1.165, 1.54) is 6.07 Å². The minimum atomic E-state index is -0.633. The highest BCUT2D eigenvalue weighted by molar-refractivity contribution is 5.67. The van der Waals surface area contributed by atoms with Crippen LogP contribution in [0.1, 0.15) is 0 Å². The van der Waals surface area contributed by atoms with Gasteiger partial charge in [0.05, 0.1) is 0 Å². The van der Waals surface area contributed by atoms with Gasteiger partial charge in [-0.25, -0.2) is 0 Å². The van der Waals surface area contributed by atoms with Crippen molar-refractivity contribution < 1.29 is 24.8 Å². The molecule has 0 spiro atoms. The molecule has 86 valence electrons. The number of ether oxygens (including phenoxy) is 2. The van der Waals surface area contributed by atoms with E-state index in [1.54, 1.807) is 24.3 Å². The molecular weight excluding hydrogens is 224 g/mol. The molecule has 2 aromatic carbocycles. The summed E-state index contributed by atoms with van der Waals surface area (Å²) in [5, 5.41) is 28.4. The number of phenolic OH excluding ortho intramolecular Hbond substituents is 3. The smallest absolute Gasteiger partial charge is 0.215 e. The predicted octanol–water partition coefficient (Wildman–Crippen LogP) is 2.70. The quantitative estimate of drug-likeness (QED) is 0.519. The van der Waals surface area contributed by atoms with Gasteiger partial charge in [-0.1, -0.05) is 12.1 Å². The molecule has 5 nitrogen and oxygen atoms in total. The SMILES string of the molecule is Oc1cc2c(c(O)c1O)Oc1ccccc1O2. The van der Waals surface area contributed by atoms with Crippen molar-refractivity contribution in [2.24, 2.45) is 0 Å². The van der Waals surface area contributed by atoms with Crippen LogP contribution >= 0.6 is 0 Å². The second kappa shape index (κ2) is 3.21. The Morgan fingerprint density at radius 3 is 2.12 bits per heavy atom. The number of hydrogen-bond acceptors (Lipinski definition) is 5. The van der Waals surface area contributed by atoms with Crippen LogP contribution < -0.4 is 9.47 Å². The molecule has 0 aromatic heterocycles. The molecule has 1 heterocycles. The first-order chi connectivity index (χ1) is 8.16. The number of hydrogen-bond donors (Lipinski definition) is 3. The summed E-state index contributed by atoms with van der Waals surface area (Å²) in [6.45, 7) is 0. The lowest BCUT2D eigenvalue weighted by Crippen LogP contribution is -1.98. The molecule has 3 N–H and O–H groups in total. The standard InChI is InChI=1S/C12H8O5/c13-6-5-9-12(11(15)10(6)14)17-8-4-2-1-3-7(8)16-9/h1-5,13-15H. The Morgan fingerprint density at radius 2 is 1.41 bits per heavy atom. The molecule has 17 heavy (non-hydrogen) atoms. The van der Waals surface area contributed by atoms with Gasteiger partial charge in [0.2, 0.25) is 17.2 Å². The van der Waals surface area contributed by atoms with Crippen LogP contribution in [0.2, 0.25) is 0 Å². The Balaban J connectivity index is 2.18. The first kappa shape index (κ1) is 9.65. The van der Waals surface area contributed by atoms with E-state index in [9.17, 15) is 15.3 Å². The molecule has 0 bridgehead atoms. The van der Waals surface area contributed by atoms with Crippen molar-refractivity contribution in [1.29, 1.82) is 0 Å². The maximum absolute atomic E-state index is 9.63. The summed E-state index contributed by atoms with van der Waals surface area (Å²) in [6.07, 6.45) is 0. The molecule has 0 amide bonds. The summed E-state index contributed by atoms with van der Waals surface area (Å²) >= 11 is 0. The van der Waals surface area contributed by atoms with Crippen LogP contribution in [0.4, 0.5) is 0 Å². The van der Waals surface area contributed by atoms with Gasteiger partial charge in [-0.3, -0.25) is 0 Å². The molecule has 2 aromatic rings. The van der Waals surface area contributed by atoms with Crippen LogP contribution in [0.5, 0.6) is 40.2 Å². The Morgan fingerprint density at radius 1 is 0.765 bits per heavy atom. The molecule has 0 aliphatic carbocycles. The Bertz CT molecular complexity index is 606. The molecule has 0 radical (unpaired) electrons. The van der Waals surface area contributed by atoms with Gasteiger partial charge >= 0.3 is 0 Å². The second-order valence-electron chi connectivity index (χ2n) is 3.57. The largest absolute Gasteiger partial charge is 0.504 e. The number of para-hydroxylation sites is 2. The van der Waals surface area contributed by atoms with Crippen molar-refractivity contribution in [3.63, 3.8) is 0 Å². The van der Waals surface area contributed by atoms with Gasteiger partial charge in [0.15, 0.2) is 23.0 Å². The van der Waals surface area contributed by atoms with Crippen LogP contribution in [0.15, 0.2) is 30.3 Å².